The smallest absolute Gasteiger partial charge is 0.222 e. The summed E-state index contributed by atoms with van der Waals surface area (Å²) in [4.78, 5) is 15.2. The fourth-order valence-corrected chi connectivity index (χ4v) is 2.50. The molecule has 0 fully saturated rings. The average Bonchev–Trinajstić information content (AvgIpc) is 2.50. The topological polar surface area (TPSA) is 73.7 Å². The second kappa shape index (κ2) is 7.90. The number of carbonyl (C=O) groups is 1. The molecule has 3 N–H and O–H groups in total. The van der Waals surface area contributed by atoms with Gasteiger partial charge in [-0.05, 0) is 61.1 Å². The van der Waals surface area contributed by atoms with Gasteiger partial charge in [0, 0.05) is 24.4 Å². The summed E-state index contributed by atoms with van der Waals surface area (Å²) in [5.74, 6) is -0.227. The van der Waals surface area contributed by atoms with E-state index in [2.05, 4.69) is 15.6 Å². The number of phenolic OH excluding ortho intramolecular Hbond substituents is 1. The molecule has 0 heterocycles. The third-order valence-electron chi connectivity index (χ3n) is 3.00. The maximum atomic E-state index is 10.9. The van der Waals surface area contributed by atoms with E-state index in [1.807, 2.05) is 6.92 Å². The summed E-state index contributed by atoms with van der Waals surface area (Å²) < 4.78 is 0. The number of nitrogens with zero attached hydrogens (tertiary/aromatic N) is 1. The molecule has 0 aliphatic rings. The number of carbonyl (C=O) groups excluding carboxylic acids is 1. The number of hydrogen-bond acceptors (Lipinski definition) is 4. The Labute approximate surface area is 150 Å². The van der Waals surface area contributed by atoms with Gasteiger partial charge in [-0.25, -0.2) is 0 Å². The highest BCUT2D eigenvalue weighted by molar-refractivity contribution is 7.80. The lowest BCUT2D eigenvalue weighted by Gasteiger charge is -2.08. The minimum Gasteiger partial charge on any atom is -0.506 e. The van der Waals surface area contributed by atoms with Crippen molar-refractivity contribution in [2.24, 2.45) is 4.99 Å². The van der Waals surface area contributed by atoms with E-state index in [1.54, 1.807) is 42.6 Å². The van der Waals surface area contributed by atoms with Crippen LogP contribution in [0.25, 0.3) is 0 Å². The lowest BCUT2D eigenvalue weighted by atomic mass is 10.1. The number of rotatable bonds is 3. The molecule has 0 radical (unpaired) electrons. The van der Waals surface area contributed by atoms with Gasteiger partial charge in [0.15, 0.2) is 5.11 Å². The van der Waals surface area contributed by atoms with E-state index in [4.69, 9.17) is 23.8 Å². The highest BCUT2D eigenvalue weighted by Gasteiger charge is 2.05. The quantitative estimate of drug-likeness (QED) is 0.572. The van der Waals surface area contributed by atoms with E-state index in [-0.39, 0.29) is 16.8 Å². The Hall–Kier alpha value is -2.44. The fraction of sp³-hybridized carbons (Fsp3) is 0.118. The Morgan fingerprint density at radius 2 is 1.96 bits per heavy atom. The van der Waals surface area contributed by atoms with Crippen molar-refractivity contribution >= 4 is 52.4 Å². The molecule has 124 valence electrons. The van der Waals surface area contributed by atoms with Crippen LogP contribution in [0.2, 0.25) is 5.02 Å². The van der Waals surface area contributed by atoms with Gasteiger partial charge in [0.25, 0.3) is 0 Å². The summed E-state index contributed by atoms with van der Waals surface area (Å²) >= 11 is 10.9. The molecule has 0 atom stereocenters. The van der Waals surface area contributed by atoms with Crippen LogP contribution >= 0.6 is 23.8 Å². The molecule has 2 rings (SSSR count). The first-order valence-electron chi connectivity index (χ1n) is 7.07. The number of nitrogens with one attached hydrogen (secondary N) is 2. The lowest BCUT2D eigenvalue weighted by Crippen LogP contribution is -2.32. The van der Waals surface area contributed by atoms with Crippen molar-refractivity contribution in [1.82, 2.24) is 5.32 Å². The molecule has 0 saturated heterocycles. The van der Waals surface area contributed by atoms with Gasteiger partial charge in [0.1, 0.15) is 5.75 Å². The minimum atomic E-state index is -0.231. The zero-order valence-electron chi connectivity index (χ0n) is 13.1. The first kappa shape index (κ1) is 17.9. The van der Waals surface area contributed by atoms with Crippen LogP contribution in [-0.2, 0) is 4.79 Å². The number of halogens is 1. The normalized spacial score (nSPS) is 10.6. The molecule has 0 bridgehead atoms. The van der Waals surface area contributed by atoms with Gasteiger partial charge in [-0.1, -0.05) is 11.6 Å². The maximum Gasteiger partial charge on any atom is 0.222 e. The molecule has 0 aliphatic carbocycles. The lowest BCUT2D eigenvalue weighted by molar-refractivity contribution is -0.117. The van der Waals surface area contributed by atoms with Crippen molar-refractivity contribution in [1.29, 1.82) is 0 Å². The van der Waals surface area contributed by atoms with Crippen LogP contribution in [0.15, 0.2) is 41.4 Å². The number of aliphatic imine (C=N–C) groups is 1. The first-order valence-corrected chi connectivity index (χ1v) is 7.85. The maximum absolute atomic E-state index is 10.9. The van der Waals surface area contributed by atoms with Crippen LogP contribution in [0, 0.1) is 6.92 Å². The van der Waals surface area contributed by atoms with E-state index in [0.717, 1.165) is 11.3 Å². The van der Waals surface area contributed by atoms with E-state index in [1.165, 1.54) is 6.92 Å². The minimum absolute atomic E-state index is 0.00459. The van der Waals surface area contributed by atoms with Gasteiger partial charge in [-0.15, -0.1) is 0 Å². The molecular formula is C17H16ClN3O2S. The summed E-state index contributed by atoms with van der Waals surface area (Å²) in [5.41, 5.74) is 2.91. The largest absolute Gasteiger partial charge is 0.506 e. The van der Waals surface area contributed by atoms with Gasteiger partial charge >= 0.3 is 0 Å². The Balaban J connectivity index is 2.09. The van der Waals surface area contributed by atoms with Gasteiger partial charge in [0.2, 0.25) is 5.91 Å². The SMILES string of the molecule is CC(=O)NC(=S)Nc1ccc(N=Cc2cc(C)cc(Cl)c2O)cc1. The Morgan fingerprint density at radius 1 is 1.29 bits per heavy atom. The number of benzene rings is 2. The highest BCUT2D eigenvalue weighted by Crippen LogP contribution is 2.28. The van der Waals surface area contributed by atoms with Crippen molar-refractivity contribution in [3.05, 3.63) is 52.5 Å². The van der Waals surface area contributed by atoms with E-state index < -0.39 is 0 Å². The van der Waals surface area contributed by atoms with Gasteiger partial charge in [-0.2, -0.15) is 0 Å². The summed E-state index contributed by atoms with van der Waals surface area (Å²) in [7, 11) is 0. The molecule has 0 aliphatic heterocycles. The number of amides is 1. The van der Waals surface area contributed by atoms with Crippen LogP contribution < -0.4 is 10.6 Å². The van der Waals surface area contributed by atoms with Crippen molar-refractivity contribution in [3.8, 4) is 5.75 Å². The zero-order valence-corrected chi connectivity index (χ0v) is 14.7. The number of phenols is 1. The molecular weight excluding hydrogens is 346 g/mol. The van der Waals surface area contributed by atoms with Crippen LogP contribution in [0.4, 0.5) is 11.4 Å². The third kappa shape index (κ3) is 5.04. The molecule has 2 aromatic rings. The van der Waals surface area contributed by atoms with E-state index in [0.29, 0.717) is 16.3 Å². The van der Waals surface area contributed by atoms with Crippen molar-refractivity contribution < 1.29 is 9.90 Å². The molecule has 24 heavy (non-hydrogen) atoms. The number of aromatic hydroxyl groups is 1. The summed E-state index contributed by atoms with van der Waals surface area (Å²) in [5, 5.41) is 15.8. The predicted molar refractivity (Wildman–Crippen MR) is 102 cm³/mol. The number of anilines is 1. The predicted octanol–water partition coefficient (Wildman–Crippen LogP) is 3.94. The molecule has 0 saturated carbocycles. The number of thiocarbonyl (C=S) groups is 1. The molecule has 2 aromatic carbocycles. The van der Waals surface area contributed by atoms with Crippen molar-refractivity contribution in [2.45, 2.75) is 13.8 Å². The Bertz CT molecular complexity index is 804. The third-order valence-corrected chi connectivity index (χ3v) is 3.50. The molecule has 0 aromatic heterocycles. The van der Waals surface area contributed by atoms with Gasteiger partial charge < -0.3 is 15.7 Å². The second-order valence-corrected chi connectivity index (χ2v) is 5.94. The highest BCUT2D eigenvalue weighted by atomic mass is 35.5. The molecule has 1 amide bonds. The molecule has 0 unspecified atom stereocenters. The first-order chi connectivity index (χ1) is 11.3. The summed E-state index contributed by atoms with van der Waals surface area (Å²) in [6, 6.07) is 10.6. The molecule has 0 spiro atoms. The van der Waals surface area contributed by atoms with Crippen molar-refractivity contribution in [3.63, 3.8) is 0 Å². The molecule has 5 nitrogen and oxygen atoms in total. The Kier molecular flexibility index (Phi) is 5.89. The van der Waals surface area contributed by atoms with E-state index >= 15 is 0 Å². The standard InChI is InChI=1S/C17H16ClN3O2S/c1-10-7-12(16(23)15(18)8-10)9-19-13-3-5-14(6-4-13)21-17(24)20-11(2)22/h3-9,23H,1-2H3,(H2,20,21,22,24). The fourth-order valence-electron chi connectivity index (χ4n) is 1.96. The van der Waals surface area contributed by atoms with Crippen molar-refractivity contribution in [2.75, 3.05) is 5.32 Å². The summed E-state index contributed by atoms with van der Waals surface area (Å²) in [6.45, 7) is 3.28. The zero-order chi connectivity index (χ0) is 17.7. The van der Waals surface area contributed by atoms with Crippen LogP contribution in [0.5, 0.6) is 5.75 Å². The monoisotopic (exact) mass is 361 g/mol. The van der Waals surface area contributed by atoms with Crippen LogP contribution in [0.1, 0.15) is 18.1 Å². The van der Waals surface area contributed by atoms with E-state index in [9.17, 15) is 9.90 Å². The van der Waals surface area contributed by atoms with Gasteiger partial charge in [-0.3, -0.25) is 9.79 Å². The second-order valence-electron chi connectivity index (χ2n) is 5.12. The summed E-state index contributed by atoms with van der Waals surface area (Å²) in [6.07, 6.45) is 1.55. The van der Waals surface area contributed by atoms with Crippen LogP contribution in [-0.4, -0.2) is 22.3 Å². The average molecular weight is 362 g/mol. The van der Waals surface area contributed by atoms with Crippen LogP contribution in [0.3, 0.4) is 0 Å². The molecule has 7 heteroatoms. The van der Waals surface area contributed by atoms with Gasteiger partial charge in [0.05, 0.1) is 10.7 Å². The Morgan fingerprint density at radius 3 is 2.58 bits per heavy atom. The number of aryl methyl sites for hydroxylation is 1. The number of hydrogen-bond donors (Lipinski definition) is 3.